The molecule has 3 rings (SSSR count). The maximum absolute atomic E-state index is 13.7. The van der Waals surface area contributed by atoms with Crippen molar-refractivity contribution < 1.29 is 23.5 Å². The first-order chi connectivity index (χ1) is 16.2. The molecular weight excluding hydrogens is 557 g/mol. The summed E-state index contributed by atoms with van der Waals surface area (Å²) in [5.74, 6) is -1.87. The zero-order valence-corrected chi connectivity index (χ0v) is 21.1. The molecule has 2 aromatic rings. The van der Waals surface area contributed by atoms with Crippen LogP contribution in [-0.4, -0.2) is 78.6 Å². The van der Waals surface area contributed by atoms with Gasteiger partial charge in [0, 0.05) is 42.9 Å². The molecule has 2 aromatic carbocycles. The standard InChI is InChI=1S/C24H29F2IN4O3/c1-30-5-6-31(15-24(30)34)14-23(33)29-21(10-17-7-18(25)11-19(26)8-17)22(32)13-28-12-16-3-2-4-20(27)9-16/h2-4,7-9,11,21-22,28,32H,5-6,10,12-15H2,1H3,(H,29,33)/t21-,22+/m0/s1. The molecule has 0 saturated carbocycles. The number of carbonyl (C=O) groups excluding carboxylic acids is 2. The van der Waals surface area contributed by atoms with Crippen LogP contribution in [0.3, 0.4) is 0 Å². The second-order valence-corrected chi connectivity index (χ2v) is 9.76. The van der Waals surface area contributed by atoms with E-state index in [0.717, 1.165) is 15.2 Å². The number of aliphatic hydroxyl groups excluding tert-OH is 1. The van der Waals surface area contributed by atoms with Gasteiger partial charge in [-0.25, -0.2) is 8.78 Å². The first-order valence-electron chi connectivity index (χ1n) is 11.0. The molecule has 1 fully saturated rings. The lowest BCUT2D eigenvalue weighted by atomic mass is 10.0. The van der Waals surface area contributed by atoms with E-state index in [1.54, 1.807) is 16.8 Å². The number of hydrogen-bond acceptors (Lipinski definition) is 5. The zero-order chi connectivity index (χ0) is 24.7. The smallest absolute Gasteiger partial charge is 0.236 e. The van der Waals surface area contributed by atoms with Gasteiger partial charge in [-0.1, -0.05) is 12.1 Å². The van der Waals surface area contributed by atoms with Gasteiger partial charge in [-0.3, -0.25) is 14.5 Å². The van der Waals surface area contributed by atoms with Crippen LogP contribution in [0.1, 0.15) is 11.1 Å². The second kappa shape index (κ2) is 12.5. The van der Waals surface area contributed by atoms with Crippen LogP contribution in [0.2, 0.25) is 0 Å². The summed E-state index contributed by atoms with van der Waals surface area (Å²) in [5, 5.41) is 16.8. The molecule has 0 unspecified atom stereocenters. The summed E-state index contributed by atoms with van der Waals surface area (Å²) < 4.78 is 28.5. The average Bonchev–Trinajstić information content (AvgIpc) is 2.75. The van der Waals surface area contributed by atoms with Crippen molar-refractivity contribution in [1.82, 2.24) is 20.4 Å². The van der Waals surface area contributed by atoms with Gasteiger partial charge in [-0.05, 0) is 64.4 Å². The molecule has 2 atom stereocenters. The van der Waals surface area contributed by atoms with E-state index in [0.29, 0.717) is 25.2 Å². The Kier molecular flexibility index (Phi) is 9.74. The Morgan fingerprint density at radius 3 is 2.56 bits per heavy atom. The summed E-state index contributed by atoms with van der Waals surface area (Å²) in [6, 6.07) is 10.3. The molecule has 1 aliphatic heterocycles. The first kappa shape index (κ1) is 26.5. The largest absolute Gasteiger partial charge is 0.390 e. The minimum Gasteiger partial charge on any atom is -0.390 e. The Labute approximate surface area is 211 Å². The Morgan fingerprint density at radius 1 is 1.15 bits per heavy atom. The molecule has 0 spiro atoms. The third kappa shape index (κ3) is 8.26. The average molecular weight is 586 g/mol. The van der Waals surface area contributed by atoms with E-state index in [2.05, 4.69) is 33.2 Å². The SMILES string of the molecule is CN1CCN(CC(=O)N[C@@H](Cc2cc(F)cc(F)c2)[C@H](O)CNCc2cccc(I)c2)CC1=O. The number of halogens is 3. The number of piperazine rings is 1. The molecule has 10 heteroatoms. The molecule has 7 nitrogen and oxygen atoms in total. The summed E-state index contributed by atoms with van der Waals surface area (Å²) >= 11 is 2.22. The van der Waals surface area contributed by atoms with Crippen molar-refractivity contribution in [3.63, 3.8) is 0 Å². The molecule has 2 amide bonds. The quantitative estimate of drug-likeness (QED) is 0.368. The number of nitrogens with zero attached hydrogens (tertiary/aromatic N) is 2. The van der Waals surface area contributed by atoms with Gasteiger partial charge in [0.05, 0.1) is 25.2 Å². The van der Waals surface area contributed by atoms with Gasteiger partial charge >= 0.3 is 0 Å². The van der Waals surface area contributed by atoms with Crippen LogP contribution in [-0.2, 0) is 22.6 Å². The first-order valence-corrected chi connectivity index (χ1v) is 12.1. The molecule has 0 radical (unpaired) electrons. The Bertz CT molecular complexity index is 990. The van der Waals surface area contributed by atoms with E-state index in [4.69, 9.17) is 0 Å². The summed E-state index contributed by atoms with van der Waals surface area (Å²) in [6.07, 6.45) is -0.957. The van der Waals surface area contributed by atoms with Gasteiger partial charge < -0.3 is 20.6 Å². The van der Waals surface area contributed by atoms with Gasteiger partial charge in [-0.2, -0.15) is 0 Å². The topological polar surface area (TPSA) is 84.9 Å². The molecule has 3 N–H and O–H groups in total. The van der Waals surface area contributed by atoms with Crippen LogP contribution in [0, 0.1) is 15.2 Å². The lowest BCUT2D eigenvalue weighted by molar-refractivity contribution is -0.135. The highest BCUT2D eigenvalue weighted by Gasteiger charge is 2.26. The molecular formula is C24H29F2IN4O3. The van der Waals surface area contributed by atoms with Crippen molar-refractivity contribution in [2.24, 2.45) is 0 Å². The fourth-order valence-electron chi connectivity index (χ4n) is 3.82. The fourth-order valence-corrected chi connectivity index (χ4v) is 4.42. The number of carbonyl (C=O) groups is 2. The lowest BCUT2D eigenvalue weighted by Gasteiger charge is -2.32. The summed E-state index contributed by atoms with van der Waals surface area (Å²) in [4.78, 5) is 28.0. The molecule has 1 saturated heterocycles. The predicted octanol–water partition coefficient (Wildman–Crippen LogP) is 1.52. The van der Waals surface area contributed by atoms with Crippen LogP contribution < -0.4 is 10.6 Å². The van der Waals surface area contributed by atoms with Crippen molar-refractivity contribution in [1.29, 1.82) is 0 Å². The highest BCUT2D eigenvalue weighted by atomic mass is 127. The van der Waals surface area contributed by atoms with E-state index in [1.807, 2.05) is 24.3 Å². The third-order valence-corrected chi connectivity index (χ3v) is 6.33. The molecule has 1 heterocycles. The van der Waals surface area contributed by atoms with Crippen molar-refractivity contribution in [2.75, 3.05) is 39.8 Å². The second-order valence-electron chi connectivity index (χ2n) is 8.51. The number of hydrogen-bond donors (Lipinski definition) is 3. The Morgan fingerprint density at radius 2 is 1.88 bits per heavy atom. The summed E-state index contributed by atoms with van der Waals surface area (Å²) in [6.45, 7) is 1.92. The van der Waals surface area contributed by atoms with Crippen molar-refractivity contribution in [3.8, 4) is 0 Å². The number of nitrogens with one attached hydrogen (secondary N) is 2. The number of likely N-dealkylation sites (N-methyl/N-ethyl adjacent to an activating group) is 1. The summed E-state index contributed by atoms with van der Waals surface area (Å²) in [7, 11) is 1.72. The van der Waals surface area contributed by atoms with Gasteiger partial charge in [-0.15, -0.1) is 0 Å². The zero-order valence-electron chi connectivity index (χ0n) is 18.9. The van der Waals surface area contributed by atoms with E-state index in [1.165, 1.54) is 12.1 Å². The van der Waals surface area contributed by atoms with E-state index < -0.39 is 23.8 Å². The highest BCUT2D eigenvalue weighted by molar-refractivity contribution is 14.1. The number of benzene rings is 2. The number of aliphatic hydroxyl groups is 1. The fraction of sp³-hybridized carbons (Fsp3) is 0.417. The monoisotopic (exact) mass is 586 g/mol. The number of amides is 2. The Balaban J connectivity index is 1.62. The lowest BCUT2D eigenvalue weighted by Crippen LogP contribution is -2.54. The van der Waals surface area contributed by atoms with Gasteiger partial charge in [0.15, 0.2) is 0 Å². The molecule has 0 bridgehead atoms. The van der Waals surface area contributed by atoms with Gasteiger partial charge in [0.25, 0.3) is 0 Å². The van der Waals surface area contributed by atoms with Gasteiger partial charge in [0.2, 0.25) is 11.8 Å². The van der Waals surface area contributed by atoms with Crippen LogP contribution in [0.15, 0.2) is 42.5 Å². The molecule has 184 valence electrons. The minimum absolute atomic E-state index is 0.00378. The summed E-state index contributed by atoms with van der Waals surface area (Å²) in [5.41, 5.74) is 1.38. The van der Waals surface area contributed by atoms with Crippen LogP contribution in [0.5, 0.6) is 0 Å². The predicted molar refractivity (Wildman–Crippen MR) is 133 cm³/mol. The van der Waals surface area contributed by atoms with Crippen LogP contribution in [0.25, 0.3) is 0 Å². The maximum Gasteiger partial charge on any atom is 0.236 e. The van der Waals surface area contributed by atoms with Crippen LogP contribution in [0.4, 0.5) is 8.78 Å². The minimum atomic E-state index is -1.01. The number of rotatable bonds is 10. The molecule has 1 aliphatic rings. The third-order valence-electron chi connectivity index (χ3n) is 5.66. The molecule has 0 aliphatic carbocycles. The van der Waals surface area contributed by atoms with Crippen molar-refractivity contribution >= 4 is 34.4 Å². The van der Waals surface area contributed by atoms with Crippen molar-refractivity contribution in [3.05, 3.63) is 68.8 Å². The molecule has 34 heavy (non-hydrogen) atoms. The van der Waals surface area contributed by atoms with Crippen molar-refractivity contribution in [2.45, 2.75) is 25.1 Å². The van der Waals surface area contributed by atoms with Crippen LogP contribution >= 0.6 is 22.6 Å². The normalized spacial score (nSPS) is 16.4. The Hall–Kier alpha value is -2.15. The van der Waals surface area contributed by atoms with E-state index in [-0.39, 0.29) is 37.9 Å². The molecule has 0 aromatic heterocycles. The highest BCUT2D eigenvalue weighted by Crippen LogP contribution is 2.13. The van der Waals surface area contributed by atoms with Gasteiger partial charge in [0.1, 0.15) is 11.6 Å². The van der Waals surface area contributed by atoms with E-state index >= 15 is 0 Å². The maximum atomic E-state index is 13.7. The van der Waals surface area contributed by atoms with E-state index in [9.17, 15) is 23.5 Å².